The molecule has 122 valence electrons. The van der Waals surface area contributed by atoms with E-state index in [2.05, 4.69) is 4.98 Å². The maximum Gasteiger partial charge on any atom is 0.251 e. The zero-order chi connectivity index (χ0) is 15.8. The lowest BCUT2D eigenvalue weighted by Crippen LogP contribution is -2.44. The molecule has 4 nitrogen and oxygen atoms in total. The lowest BCUT2D eigenvalue weighted by atomic mass is 9.94. The molecule has 1 amide bonds. The van der Waals surface area contributed by atoms with Crippen LogP contribution in [0.4, 0.5) is 4.39 Å². The van der Waals surface area contributed by atoms with Crippen LogP contribution < -0.4 is 0 Å². The molecule has 4 rings (SSSR count). The fraction of sp³-hybridized carbons (Fsp3) is 0.500. The summed E-state index contributed by atoms with van der Waals surface area (Å²) >= 11 is 0. The van der Waals surface area contributed by atoms with Crippen LogP contribution in [0.25, 0.3) is 10.9 Å². The number of nitrogens with one attached hydrogen (secondary N) is 1. The van der Waals surface area contributed by atoms with Gasteiger partial charge in [-0.15, -0.1) is 0 Å². The van der Waals surface area contributed by atoms with E-state index in [1.165, 1.54) is 6.07 Å². The third-order valence-electron chi connectivity index (χ3n) is 4.98. The predicted octanol–water partition coefficient (Wildman–Crippen LogP) is 3.19. The van der Waals surface area contributed by atoms with Crippen molar-refractivity contribution in [1.82, 2.24) is 9.88 Å². The van der Waals surface area contributed by atoms with Gasteiger partial charge in [-0.3, -0.25) is 4.79 Å². The molecule has 1 N–H and O–H groups in total. The highest BCUT2D eigenvalue weighted by Gasteiger charge is 2.32. The fourth-order valence-corrected chi connectivity index (χ4v) is 3.75. The van der Waals surface area contributed by atoms with Crippen molar-refractivity contribution >= 4 is 16.8 Å². The van der Waals surface area contributed by atoms with E-state index in [4.69, 9.17) is 4.74 Å². The number of hydrogen-bond donors (Lipinski definition) is 1. The van der Waals surface area contributed by atoms with Crippen LogP contribution in [0.5, 0.6) is 0 Å². The number of rotatable bonds is 2. The van der Waals surface area contributed by atoms with E-state index in [0.717, 1.165) is 48.8 Å². The SMILES string of the molecule is O=C(C1CCCO1)N1CCCC(c2cc3cc(F)ccc3[nH]2)C1. The van der Waals surface area contributed by atoms with Crippen LogP contribution in [0.3, 0.4) is 0 Å². The summed E-state index contributed by atoms with van der Waals surface area (Å²) in [5, 5.41) is 0.891. The van der Waals surface area contributed by atoms with Gasteiger partial charge in [0.05, 0.1) is 0 Å². The number of amides is 1. The standard InChI is InChI=1S/C18H21FN2O2/c19-14-5-6-15-13(9-14)10-16(20-15)12-3-1-7-21(11-12)18(22)17-4-2-8-23-17/h5-6,9-10,12,17,20H,1-4,7-8,11H2. The number of aromatic amines is 1. The first kappa shape index (κ1) is 14.7. The molecule has 5 heteroatoms. The molecule has 2 atom stereocenters. The van der Waals surface area contributed by atoms with Crippen LogP contribution in [0, 0.1) is 5.82 Å². The Balaban J connectivity index is 1.52. The number of likely N-dealkylation sites (tertiary alicyclic amines) is 1. The van der Waals surface area contributed by atoms with Crippen LogP contribution in [0.2, 0.25) is 0 Å². The van der Waals surface area contributed by atoms with E-state index in [-0.39, 0.29) is 23.7 Å². The number of aromatic nitrogens is 1. The second kappa shape index (κ2) is 5.96. The van der Waals surface area contributed by atoms with Gasteiger partial charge in [0.1, 0.15) is 11.9 Å². The van der Waals surface area contributed by atoms with E-state index in [0.29, 0.717) is 13.2 Å². The second-order valence-electron chi connectivity index (χ2n) is 6.58. The summed E-state index contributed by atoms with van der Waals surface area (Å²) in [5.41, 5.74) is 2.04. The van der Waals surface area contributed by atoms with E-state index < -0.39 is 0 Å². The van der Waals surface area contributed by atoms with Gasteiger partial charge in [0.25, 0.3) is 5.91 Å². The predicted molar refractivity (Wildman–Crippen MR) is 85.8 cm³/mol. The van der Waals surface area contributed by atoms with E-state index in [1.807, 2.05) is 11.0 Å². The molecule has 1 aromatic carbocycles. The molecule has 1 aromatic heterocycles. The Morgan fingerprint density at radius 3 is 3.00 bits per heavy atom. The summed E-state index contributed by atoms with van der Waals surface area (Å²) in [5.74, 6) is 0.195. The van der Waals surface area contributed by atoms with Crippen LogP contribution in [0.15, 0.2) is 24.3 Å². The first-order chi connectivity index (χ1) is 11.2. The van der Waals surface area contributed by atoms with Gasteiger partial charge in [-0.1, -0.05) is 0 Å². The molecule has 2 fully saturated rings. The molecule has 0 aliphatic carbocycles. The Morgan fingerprint density at radius 1 is 1.26 bits per heavy atom. The van der Waals surface area contributed by atoms with Crippen LogP contribution in [0.1, 0.15) is 37.3 Å². The van der Waals surface area contributed by atoms with Crippen LogP contribution in [-0.4, -0.2) is 41.6 Å². The third kappa shape index (κ3) is 2.85. The second-order valence-corrected chi connectivity index (χ2v) is 6.58. The topological polar surface area (TPSA) is 45.3 Å². The van der Waals surface area contributed by atoms with Gasteiger partial charge in [0.15, 0.2) is 0 Å². The quantitative estimate of drug-likeness (QED) is 0.925. The number of benzene rings is 1. The smallest absolute Gasteiger partial charge is 0.251 e. The van der Waals surface area contributed by atoms with E-state index >= 15 is 0 Å². The van der Waals surface area contributed by atoms with Gasteiger partial charge in [0, 0.05) is 42.2 Å². The summed E-state index contributed by atoms with van der Waals surface area (Å²) in [4.78, 5) is 17.9. The van der Waals surface area contributed by atoms with Crippen molar-refractivity contribution in [3.05, 3.63) is 35.8 Å². The number of carbonyl (C=O) groups excluding carboxylic acids is 1. The van der Waals surface area contributed by atoms with Gasteiger partial charge in [-0.2, -0.15) is 0 Å². The molecule has 23 heavy (non-hydrogen) atoms. The van der Waals surface area contributed by atoms with Crippen molar-refractivity contribution in [2.75, 3.05) is 19.7 Å². The van der Waals surface area contributed by atoms with E-state index in [9.17, 15) is 9.18 Å². The Labute approximate surface area is 134 Å². The first-order valence-corrected chi connectivity index (χ1v) is 8.39. The molecule has 2 aliphatic heterocycles. The van der Waals surface area contributed by atoms with Gasteiger partial charge >= 0.3 is 0 Å². The maximum absolute atomic E-state index is 13.3. The minimum atomic E-state index is -0.245. The summed E-state index contributed by atoms with van der Waals surface area (Å²) in [7, 11) is 0. The van der Waals surface area contributed by atoms with Gasteiger partial charge in [0.2, 0.25) is 0 Å². The molecule has 0 bridgehead atoms. The summed E-state index contributed by atoms with van der Waals surface area (Å²) in [6, 6.07) is 6.81. The lowest BCUT2D eigenvalue weighted by Gasteiger charge is -2.33. The molecule has 2 saturated heterocycles. The molecule has 0 radical (unpaired) electrons. The maximum atomic E-state index is 13.3. The van der Waals surface area contributed by atoms with Crippen LogP contribution >= 0.6 is 0 Å². The van der Waals surface area contributed by atoms with Crippen molar-refractivity contribution in [3.8, 4) is 0 Å². The zero-order valence-corrected chi connectivity index (χ0v) is 13.1. The van der Waals surface area contributed by atoms with E-state index in [1.54, 1.807) is 12.1 Å². The number of carbonyl (C=O) groups is 1. The van der Waals surface area contributed by atoms with Gasteiger partial charge in [-0.25, -0.2) is 4.39 Å². The van der Waals surface area contributed by atoms with Crippen molar-refractivity contribution in [2.24, 2.45) is 0 Å². The normalized spacial score (nSPS) is 25.2. The number of nitrogens with zero attached hydrogens (tertiary/aromatic N) is 1. The number of piperidine rings is 1. The number of halogens is 1. The average molecular weight is 316 g/mol. The Morgan fingerprint density at radius 2 is 2.17 bits per heavy atom. The molecule has 2 aromatic rings. The van der Waals surface area contributed by atoms with Gasteiger partial charge < -0.3 is 14.6 Å². The van der Waals surface area contributed by atoms with Crippen molar-refractivity contribution in [2.45, 2.75) is 37.7 Å². The van der Waals surface area contributed by atoms with Crippen molar-refractivity contribution in [1.29, 1.82) is 0 Å². The molecule has 3 heterocycles. The first-order valence-electron chi connectivity index (χ1n) is 8.39. The monoisotopic (exact) mass is 316 g/mol. The van der Waals surface area contributed by atoms with Crippen molar-refractivity contribution in [3.63, 3.8) is 0 Å². The van der Waals surface area contributed by atoms with Crippen molar-refractivity contribution < 1.29 is 13.9 Å². The highest BCUT2D eigenvalue weighted by atomic mass is 19.1. The Kier molecular flexibility index (Phi) is 3.81. The lowest BCUT2D eigenvalue weighted by molar-refractivity contribution is -0.142. The fourth-order valence-electron chi connectivity index (χ4n) is 3.75. The summed E-state index contributed by atoms with van der Waals surface area (Å²) in [6.45, 7) is 2.22. The molecular formula is C18H21FN2O2. The zero-order valence-electron chi connectivity index (χ0n) is 13.1. The third-order valence-corrected chi connectivity index (χ3v) is 4.98. The Hall–Kier alpha value is -1.88. The number of fused-ring (bicyclic) bond motifs is 1. The number of hydrogen-bond acceptors (Lipinski definition) is 2. The molecule has 2 unspecified atom stereocenters. The Bertz CT molecular complexity index is 721. The minimum absolute atomic E-state index is 0.134. The molecular weight excluding hydrogens is 295 g/mol. The largest absolute Gasteiger partial charge is 0.368 e. The summed E-state index contributed by atoms with van der Waals surface area (Å²) < 4.78 is 18.9. The van der Waals surface area contributed by atoms with Crippen LogP contribution in [-0.2, 0) is 9.53 Å². The number of H-pyrrole nitrogens is 1. The minimum Gasteiger partial charge on any atom is -0.368 e. The number of ether oxygens (including phenoxy) is 1. The summed E-state index contributed by atoms with van der Waals surface area (Å²) in [6.07, 6.45) is 3.61. The molecule has 0 spiro atoms. The van der Waals surface area contributed by atoms with Gasteiger partial charge in [-0.05, 0) is 49.9 Å². The highest BCUT2D eigenvalue weighted by Crippen LogP contribution is 2.30. The molecule has 0 saturated carbocycles. The molecule has 2 aliphatic rings. The average Bonchev–Trinajstić information content (AvgIpc) is 3.23. The highest BCUT2D eigenvalue weighted by molar-refractivity contribution is 5.82.